The van der Waals surface area contributed by atoms with Crippen LogP contribution >= 0.6 is 0 Å². The van der Waals surface area contributed by atoms with Gasteiger partial charge in [0, 0.05) is 5.41 Å². The van der Waals surface area contributed by atoms with Crippen molar-refractivity contribution in [3.05, 3.63) is 11.6 Å². The molecule has 0 radical (unpaired) electrons. The predicted octanol–water partition coefficient (Wildman–Crippen LogP) is 5.97. The molecule has 0 aliphatic heterocycles. The Morgan fingerprint density at radius 1 is 0.818 bits per heavy atom. The van der Waals surface area contributed by atoms with Crippen molar-refractivity contribution in [2.45, 2.75) is 119 Å². The molecule has 0 unspecified atom stereocenters. The van der Waals surface area contributed by atoms with E-state index in [0.29, 0.717) is 23.7 Å². The predicted molar refractivity (Wildman–Crippen MR) is 133 cm³/mol. The minimum absolute atomic E-state index is 0.0404. The van der Waals surface area contributed by atoms with Crippen LogP contribution in [-0.4, -0.2) is 33.6 Å². The Labute approximate surface area is 202 Å². The van der Waals surface area contributed by atoms with Gasteiger partial charge in [0.05, 0.1) is 18.3 Å². The Morgan fingerprint density at radius 3 is 2.15 bits per heavy atom. The second kappa shape index (κ2) is 7.10. The van der Waals surface area contributed by atoms with Crippen molar-refractivity contribution in [3.63, 3.8) is 0 Å². The third-order valence-corrected chi connectivity index (χ3v) is 13.6. The van der Waals surface area contributed by atoms with Crippen molar-refractivity contribution >= 4 is 0 Å². The molecule has 3 nitrogen and oxygen atoms in total. The molecule has 12 atom stereocenters. The standard InChI is InChI=1S/C30H50O3/c1-17-15-23(32)30(8)24(33)16-29(7)19(25(30)18(17)2)9-10-21-27(5)13-12-22(31)26(3,4)20(27)11-14-28(21,29)6/h9,17-18,20-25,31-33H,10-16H2,1-8H3/t17-,18+,20-,21-,22+,23-,24-,25+,27+,28-,29-,30-/m1/s1. The second-order valence-electron chi connectivity index (χ2n) is 14.8. The molecule has 0 spiro atoms. The Kier molecular flexibility index (Phi) is 5.23. The Hall–Kier alpha value is -0.380. The topological polar surface area (TPSA) is 60.7 Å². The van der Waals surface area contributed by atoms with Gasteiger partial charge < -0.3 is 15.3 Å². The first-order valence-corrected chi connectivity index (χ1v) is 13.9. The first-order chi connectivity index (χ1) is 15.2. The average Bonchev–Trinajstić information content (AvgIpc) is 2.71. The fourth-order valence-electron chi connectivity index (χ4n) is 10.9. The third kappa shape index (κ3) is 2.74. The van der Waals surface area contributed by atoms with E-state index >= 15 is 0 Å². The highest BCUT2D eigenvalue weighted by Gasteiger charge is 2.70. The molecule has 3 heteroatoms. The quantitative estimate of drug-likeness (QED) is 0.392. The molecule has 5 rings (SSSR count). The summed E-state index contributed by atoms with van der Waals surface area (Å²) in [5.41, 5.74) is 1.38. The molecule has 4 fully saturated rings. The lowest BCUT2D eigenvalue weighted by molar-refractivity contribution is -0.227. The van der Waals surface area contributed by atoms with Crippen LogP contribution in [0.1, 0.15) is 100 Å². The molecule has 0 amide bonds. The highest BCUT2D eigenvalue weighted by Crippen LogP contribution is 2.75. The Morgan fingerprint density at radius 2 is 1.48 bits per heavy atom. The van der Waals surface area contributed by atoms with Gasteiger partial charge in [0.25, 0.3) is 0 Å². The van der Waals surface area contributed by atoms with Crippen LogP contribution in [0.3, 0.4) is 0 Å². The lowest BCUT2D eigenvalue weighted by Gasteiger charge is -2.72. The van der Waals surface area contributed by atoms with Gasteiger partial charge in [-0.25, -0.2) is 0 Å². The highest BCUT2D eigenvalue weighted by atomic mass is 16.3. The molecule has 33 heavy (non-hydrogen) atoms. The van der Waals surface area contributed by atoms with Crippen LogP contribution in [0.25, 0.3) is 0 Å². The summed E-state index contributed by atoms with van der Waals surface area (Å²) in [4.78, 5) is 0. The molecule has 0 aromatic carbocycles. The van der Waals surface area contributed by atoms with Crippen molar-refractivity contribution < 1.29 is 15.3 Å². The summed E-state index contributed by atoms with van der Waals surface area (Å²) < 4.78 is 0. The van der Waals surface area contributed by atoms with Gasteiger partial charge in [0.15, 0.2) is 0 Å². The van der Waals surface area contributed by atoms with Crippen LogP contribution in [0.15, 0.2) is 11.6 Å². The zero-order valence-electron chi connectivity index (χ0n) is 22.5. The zero-order valence-corrected chi connectivity index (χ0v) is 22.5. The third-order valence-electron chi connectivity index (χ3n) is 13.6. The normalized spacial score (nSPS) is 60.0. The van der Waals surface area contributed by atoms with E-state index in [1.807, 2.05) is 0 Å². The average molecular weight is 459 g/mol. The maximum atomic E-state index is 11.7. The van der Waals surface area contributed by atoms with E-state index in [4.69, 9.17) is 0 Å². The highest BCUT2D eigenvalue weighted by molar-refractivity contribution is 5.35. The molecule has 0 aromatic heterocycles. The number of hydrogen-bond acceptors (Lipinski definition) is 3. The minimum Gasteiger partial charge on any atom is -0.393 e. The number of aliphatic hydroxyl groups is 3. The van der Waals surface area contributed by atoms with Crippen molar-refractivity contribution in [1.29, 1.82) is 0 Å². The molecule has 5 aliphatic rings. The van der Waals surface area contributed by atoms with Crippen molar-refractivity contribution in [3.8, 4) is 0 Å². The van der Waals surface area contributed by atoms with Crippen molar-refractivity contribution in [2.75, 3.05) is 0 Å². The van der Waals surface area contributed by atoms with Crippen LogP contribution in [0, 0.1) is 56.7 Å². The van der Waals surface area contributed by atoms with Crippen LogP contribution in [-0.2, 0) is 0 Å². The monoisotopic (exact) mass is 458 g/mol. The summed E-state index contributed by atoms with van der Waals surface area (Å²) in [6.07, 6.45) is 8.52. The van der Waals surface area contributed by atoms with Gasteiger partial charge in [-0.05, 0) is 96.2 Å². The molecule has 0 bridgehead atoms. The van der Waals surface area contributed by atoms with E-state index < -0.39 is 17.6 Å². The first-order valence-electron chi connectivity index (χ1n) is 13.9. The SMILES string of the molecule is C[C@H]1[C@H](C)C[C@@H](O)[C@]2(C)[C@H](O)C[C@]3(C)C(=CC[C@@H]4[C@@]5(C)CC[C@H](O)C(C)(C)[C@H]5CC[C@]43C)[C@H]12. The van der Waals surface area contributed by atoms with Crippen molar-refractivity contribution in [1.82, 2.24) is 0 Å². The van der Waals surface area contributed by atoms with E-state index in [9.17, 15) is 15.3 Å². The molecule has 5 aliphatic carbocycles. The number of rotatable bonds is 0. The number of hydrogen-bond donors (Lipinski definition) is 3. The first kappa shape index (κ1) is 24.3. The van der Waals surface area contributed by atoms with Gasteiger partial charge in [-0.1, -0.05) is 67.0 Å². The van der Waals surface area contributed by atoms with Crippen LogP contribution in [0.5, 0.6) is 0 Å². The number of aliphatic hydroxyl groups excluding tert-OH is 3. The summed E-state index contributed by atoms with van der Waals surface area (Å²) in [6, 6.07) is 0. The Balaban J connectivity index is 1.63. The second-order valence-corrected chi connectivity index (χ2v) is 14.8. The van der Waals surface area contributed by atoms with E-state index in [1.165, 1.54) is 12.8 Å². The van der Waals surface area contributed by atoms with Crippen molar-refractivity contribution in [2.24, 2.45) is 56.7 Å². The molecule has 3 N–H and O–H groups in total. The molecule has 188 valence electrons. The Bertz CT molecular complexity index is 847. The summed E-state index contributed by atoms with van der Waals surface area (Å²) in [5.74, 6) is 2.29. The van der Waals surface area contributed by atoms with Crippen LogP contribution in [0.4, 0.5) is 0 Å². The van der Waals surface area contributed by atoms with Gasteiger partial charge in [-0.15, -0.1) is 0 Å². The summed E-state index contributed by atoms with van der Waals surface area (Å²) >= 11 is 0. The fourth-order valence-corrected chi connectivity index (χ4v) is 10.9. The molecule has 0 heterocycles. The molecule has 0 aromatic rings. The van der Waals surface area contributed by atoms with E-state index in [2.05, 4.69) is 61.5 Å². The lowest BCUT2D eigenvalue weighted by Crippen LogP contribution is -2.68. The maximum Gasteiger partial charge on any atom is 0.0632 e. The van der Waals surface area contributed by atoms with E-state index in [-0.39, 0.29) is 33.7 Å². The van der Waals surface area contributed by atoms with E-state index in [1.54, 1.807) is 5.57 Å². The summed E-state index contributed by atoms with van der Waals surface area (Å²) in [7, 11) is 0. The lowest BCUT2D eigenvalue weighted by atomic mass is 9.33. The fraction of sp³-hybridized carbons (Fsp3) is 0.933. The van der Waals surface area contributed by atoms with E-state index in [0.717, 1.165) is 32.1 Å². The smallest absolute Gasteiger partial charge is 0.0632 e. The largest absolute Gasteiger partial charge is 0.393 e. The van der Waals surface area contributed by atoms with Gasteiger partial charge in [-0.2, -0.15) is 0 Å². The molecule has 0 saturated heterocycles. The van der Waals surface area contributed by atoms with Gasteiger partial charge in [0.2, 0.25) is 0 Å². The minimum atomic E-state index is -0.472. The number of allylic oxidation sites excluding steroid dienone is 2. The maximum absolute atomic E-state index is 11.7. The summed E-state index contributed by atoms with van der Waals surface area (Å²) in [6.45, 7) is 19.0. The number of fused-ring (bicyclic) bond motifs is 7. The van der Waals surface area contributed by atoms with Crippen LogP contribution < -0.4 is 0 Å². The molecule has 4 saturated carbocycles. The van der Waals surface area contributed by atoms with Gasteiger partial charge in [-0.3, -0.25) is 0 Å². The van der Waals surface area contributed by atoms with Gasteiger partial charge in [0.1, 0.15) is 0 Å². The molecular weight excluding hydrogens is 408 g/mol. The van der Waals surface area contributed by atoms with Gasteiger partial charge >= 0.3 is 0 Å². The summed E-state index contributed by atoms with van der Waals surface area (Å²) in [5, 5.41) is 33.9. The van der Waals surface area contributed by atoms with Crippen LogP contribution in [0.2, 0.25) is 0 Å². The zero-order chi connectivity index (χ0) is 24.4. The molecular formula is C30H50O3.